The van der Waals surface area contributed by atoms with Gasteiger partial charge in [-0.1, -0.05) is 24.3 Å². The number of nitrogens with zero attached hydrogens (tertiary/aromatic N) is 3. The van der Waals surface area contributed by atoms with Crippen molar-refractivity contribution in [3.05, 3.63) is 48.0 Å². The van der Waals surface area contributed by atoms with Gasteiger partial charge in [0.05, 0.1) is 0 Å². The summed E-state index contributed by atoms with van der Waals surface area (Å²) in [5.41, 5.74) is 2.64. The number of hydrogen-bond acceptors (Lipinski definition) is 4. The van der Waals surface area contributed by atoms with Crippen molar-refractivity contribution in [1.29, 1.82) is 0 Å². The maximum Gasteiger partial charge on any atom is 0.244 e. The van der Waals surface area contributed by atoms with Gasteiger partial charge in [0.25, 0.3) is 0 Å². The molecule has 2 atom stereocenters. The Morgan fingerprint density at radius 2 is 2.38 bits per heavy atom. The first-order valence-electron chi connectivity index (χ1n) is 7.18. The van der Waals surface area contributed by atoms with E-state index in [2.05, 4.69) is 38.9 Å². The van der Waals surface area contributed by atoms with E-state index in [0.717, 1.165) is 13.0 Å². The molecule has 3 rings (SSSR count). The van der Waals surface area contributed by atoms with Gasteiger partial charge < -0.3 is 10.6 Å². The third kappa shape index (κ3) is 2.95. The second-order valence-electron chi connectivity index (χ2n) is 5.25. The van der Waals surface area contributed by atoms with Gasteiger partial charge in [0.15, 0.2) is 0 Å². The van der Waals surface area contributed by atoms with Crippen LogP contribution in [0.3, 0.4) is 0 Å². The quantitative estimate of drug-likeness (QED) is 0.873. The number of fused-ring (bicyclic) bond motifs is 1. The molecule has 2 aromatic rings. The molecular formula is C15H19N5O. The lowest BCUT2D eigenvalue weighted by Gasteiger charge is -2.27. The number of aromatic nitrogens is 3. The van der Waals surface area contributed by atoms with Crippen LogP contribution in [0.4, 0.5) is 0 Å². The summed E-state index contributed by atoms with van der Waals surface area (Å²) in [6.07, 6.45) is 4.02. The predicted molar refractivity (Wildman–Crippen MR) is 78.6 cm³/mol. The summed E-state index contributed by atoms with van der Waals surface area (Å²) >= 11 is 0. The molecule has 0 saturated heterocycles. The van der Waals surface area contributed by atoms with Crippen LogP contribution in [0.25, 0.3) is 0 Å². The van der Waals surface area contributed by atoms with Gasteiger partial charge in [0.1, 0.15) is 18.7 Å². The lowest BCUT2D eigenvalue weighted by atomic mass is 9.94. The number of nitrogens with one attached hydrogen (secondary N) is 2. The van der Waals surface area contributed by atoms with Crippen LogP contribution in [0.15, 0.2) is 36.9 Å². The van der Waals surface area contributed by atoms with E-state index in [1.807, 2.05) is 13.0 Å². The lowest BCUT2D eigenvalue weighted by molar-refractivity contribution is -0.124. The highest BCUT2D eigenvalue weighted by molar-refractivity contribution is 5.79. The molecule has 21 heavy (non-hydrogen) atoms. The van der Waals surface area contributed by atoms with Crippen molar-refractivity contribution in [3.8, 4) is 0 Å². The lowest BCUT2D eigenvalue weighted by Crippen LogP contribution is -2.40. The minimum atomic E-state index is -0.355. The fraction of sp³-hybridized carbons (Fsp3) is 0.400. The molecule has 2 heterocycles. The number of amides is 1. The maximum atomic E-state index is 12.2. The Labute approximate surface area is 123 Å². The summed E-state index contributed by atoms with van der Waals surface area (Å²) in [6, 6.07) is 8.20. The van der Waals surface area contributed by atoms with Crippen molar-refractivity contribution in [1.82, 2.24) is 25.4 Å². The number of benzene rings is 1. The Kier molecular flexibility index (Phi) is 3.96. The third-order valence-corrected chi connectivity index (χ3v) is 3.91. The SMILES string of the molecule is CC(C(=O)NCC1NCCc2ccccc21)n1cncn1. The predicted octanol–water partition coefficient (Wildman–Crippen LogP) is 0.842. The first kappa shape index (κ1) is 13.8. The van der Waals surface area contributed by atoms with Crippen LogP contribution in [-0.2, 0) is 11.2 Å². The van der Waals surface area contributed by atoms with E-state index in [-0.39, 0.29) is 18.0 Å². The van der Waals surface area contributed by atoms with Gasteiger partial charge in [-0.15, -0.1) is 0 Å². The molecule has 0 saturated carbocycles. The largest absolute Gasteiger partial charge is 0.352 e. The summed E-state index contributed by atoms with van der Waals surface area (Å²) in [7, 11) is 0. The van der Waals surface area contributed by atoms with E-state index in [4.69, 9.17) is 0 Å². The molecule has 6 nitrogen and oxygen atoms in total. The highest BCUT2D eigenvalue weighted by Crippen LogP contribution is 2.21. The highest BCUT2D eigenvalue weighted by atomic mass is 16.2. The van der Waals surface area contributed by atoms with Crippen LogP contribution in [-0.4, -0.2) is 33.8 Å². The van der Waals surface area contributed by atoms with E-state index in [0.29, 0.717) is 6.54 Å². The monoisotopic (exact) mass is 285 g/mol. The molecule has 1 aliphatic rings. The van der Waals surface area contributed by atoms with Crippen molar-refractivity contribution in [2.45, 2.75) is 25.4 Å². The molecule has 0 fully saturated rings. The van der Waals surface area contributed by atoms with Crippen LogP contribution >= 0.6 is 0 Å². The van der Waals surface area contributed by atoms with Crippen LogP contribution in [0.2, 0.25) is 0 Å². The molecule has 2 unspecified atom stereocenters. The van der Waals surface area contributed by atoms with Crippen molar-refractivity contribution < 1.29 is 4.79 Å². The van der Waals surface area contributed by atoms with Gasteiger partial charge in [0.2, 0.25) is 5.91 Å². The zero-order chi connectivity index (χ0) is 14.7. The standard InChI is InChI=1S/C15H19N5O/c1-11(20-10-16-9-19-20)15(21)18-8-14-13-5-3-2-4-12(13)6-7-17-14/h2-5,9-11,14,17H,6-8H2,1H3,(H,18,21). The van der Waals surface area contributed by atoms with Crippen LogP contribution in [0.1, 0.15) is 30.1 Å². The Balaban J connectivity index is 1.62. The Morgan fingerprint density at radius 1 is 1.52 bits per heavy atom. The molecule has 1 aromatic heterocycles. The average Bonchev–Trinajstić information content (AvgIpc) is 3.06. The number of rotatable bonds is 4. The molecule has 0 radical (unpaired) electrons. The van der Waals surface area contributed by atoms with E-state index < -0.39 is 0 Å². The number of hydrogen-bond donors (Lipinski definition) is 2. The topological polar surface area (TPSA) is 71.8 Å². The van der Waals surface area contributed by atoms with Crippen molar-refractivity contribution >= 4 is 5.91 Å². The van der Waals surface area contributed by atoms with E-state index in [1.54, 1.807) is 11.0 Å². The van der Waals surface area contributed by atoms with Crippen LogP contribution < -0.4 is 10.6 Å². The van der Waals surface area contributed by atoms with Gasteiger partial charge in [-0.2, -0.15) is 5.10 Å². The van der Waals surface area contributed by atoms with Crippen molar-refractivity contribution in [2.75, 3.05) is 13.1 Å². The second-order valence-corrected chi connectivity index (χ2v) is 5.25. The summed E-state index contributed by atoms with van der Waals surface area (Å²) in [5.74, 6) is -0.0506. The summed E-state index contributed by atoms with van der Waals surface area (Å²) in [4.78, 5) is 16.0. The summed E-state index contributed by atoms with van der Waals surface area (Å²) in [5, 5.41) is 10.4. The van der Waals surface area contributed by atoms with Gasteiger partial charge >= 0.3 is 0 Å². The second kappa shape index (κ2) is 6.05. The zero-order valence-electron chi connectivity index (χ0n) is 12.0. The van der Waals surface area contributed by atoms with Gasteiger partial charge in [-0.25, -0.2) is 9.67 Å². The molecule has 0 aliphatic carbocycles. The molecule has 1 amide bonds. The van der Waals surface area contributed by atoms with Gasteiger partial charge in [-0.3, -0.25) is 4.79 Å². The van der Waals surface area contributed by atoms with Crippen LogP contribution in [0.5, 0.6) is 0 Å². The summed E-state index contributed by atoms with van der Waals surface area (Å²) in [6.45, 7) is 3.33. The summed E-state index contributed by atoms with van der Waals surface area (Å²) < 4.78 is 1.55. The highest BCUT2D eigenvalue weighted by Gasteiger charge is 2.21. The molecular weight excluding hydrogens is 266 g/mol. The minimum absolute atomic E-state index is 0.0506. The Morgan fingerprint density at radius 3 is 3.19 bits per heavy atom. The maximum absolute atomic E-state index is 12.2. The van der Waals surface area contributed by atoms with Crippen molar-refractivity contribution in [3.63, 3.8) is 0 Å². The minimum Gasteiger partial charge on any atom is -0.352 e. The average molecular weight is 285 g/mol. The first-order valence-corrected chi connectivity index (χ1v) is 7.18. The normalized spacial score (nSPS) is 18.8. The van der Waals surface area contributed by atoms with Gasteiger partial charge in [-0.05, 0) is 31.0 Å². The van der Waals surface area contributed by atoms with E-state index in [1.165, 1.54) is 17.5 Å². The molecule has 0 spiro atoms. The van der Waals surface area contributed by atoms with Crippen molar-refractivity contribution in [2.24, 2.45) is 0 Å². The first-order chi connectivity index (χ1) is 10.3. The number of carbonyl (C=O) groups is 1. The smallest absolute Gasteiger partial charge is 0.244 e. The van der Waals surface area contributed by atoms with Crippen LogP contribution in [0, 0.1) is 0 Å². The van der Waals surface area contributed by atoms with Gasteiger partial charge in [0, 0.05) is 12.6 Å². The molecule has 6 heteroatoms. The third-order valence-electron chi connectivity index (χ3n) is 3.91. The molecule has 0 bridgehead atoms. The van der Waals surface area contributed by atoms with E-state index >= 15 is 0 Å². The molecule has 1 aliphatic heterocycles. The molecule has 110 valence electrons. The van der Waals surface area contributed by atoms with E-state index in [9.17, 15) is 4.79 Å². The fourth-order valence-corrected chi connectivity index (χ4v) is 2.66. The number of carbonyl (C=O) groups excluding carboxylic acids is 1. The Bertz CT molecular complexity index is 610. The fourth-order valence-electron chi connectivity index (χ4n) is 2.66. The zero-order valence-corrected chi connectivity index (χ0v) is 12.0. The molecule has 1 aromatic carbocycles. The molecule has 2 N–H and O–H groups in total. The Hall–Kier alpha value is -2.21.